The van der Waals surface area contributed by atoms with Crippen LogP contribution in [0.5, 0.6) is 0 Å². The van der Waals surface area contributed by atoms with E-state index in [0.29, 0.717) is 34.9 Å². The topological polar surface area (TPSA) is 113 Å². The molecule has 0 bridgehead atoms. The summed E-state index contributed by atoms with van der Waals surface area (Å²) >= 11 is 0. The van der Waals surface area contributed by atoms with Crippen molar-refractivity contribution in [3.05, 3.63) is 303 Å². The molecule has 438 valence electrons. The number of para-hydroxylation sites is 4. The first-order valence-corrected chi connectivity index (χ1v) is 31.4. The summed E-state index contributed by atoms with van der Waals surface area (Å²) < 4.78 is 18.5. The van der Waals surface area contributed by atoms with E-state index in [1.54, 1.807) is 0 Å². The third kappa shape index (κ3) is 8.65. The average Bonchev–Trinajstić information content (AvgIpc) is 1.56. The lowest BCUT2D eigenvalue weighted by atomic mass is 9.95. The van der Waals surface area contributed by atoms with Gasteiger partial charge in [0.25, 0.3) is 0 Å². The van der Waals surface area contributed by atoms with Crippen molar-refractivity contribution in [1.29, 1.82) is 0 Å². The number of furan rings is 2. The first kappa shape index (κ1) is 53.0. The Hall–Kier alpha value is -12.9. The van der Waals surface area contributed by atoms with Crippen LogP contribution in [0.25, 0.3) is 189 Å². The molecule has 0 amide bonds. The Kier molecular flexibility index (Phi) is 12.0. The van der Waals surface area contributed by atoms with Gasteiger partial charge in [0.15, 0.2) is 46.1 Å². The fraction of sp³-hybridized carbons (Fsp3) is 0. The SMILES string of the molecule is c1ccc(-c2ccc(-c3nc(-c4ccccc4)nc(-c4ccc(-n5c6ccccc6c6cc(-c7cccc(-c8nc(-c9ccccc9)nc(-c9cccc(-n%10c%11ccccc%11c%11ccc%12c%13ccccc%13oc%12c%11%10)c9)n8)c7)c7c8ccccc8oc7c65)cc4)n3)cc2)cc1. The second kappa shape index (κ2) is 21.4. The van der Waals surface area contributed by atoms with Gasteiger partial charge in [0.2, 0.25) is 0 Å². The standard InChI is InChI=1S/C84H50N8O2/c1-4-20-51(21-5-1)52-38-40-55(41-39-52)81-85-79(53-22-6-2-7-23-53)86-82(87-81)56-42-44-60(45-43-56)91-71-35-15-11-31-63(71)69-50-68(74-67-33-13-17-37-73(67)94-78(74)76(69)91)57-26-18-27-58(48-57)83-88-80(54-24-8-3-9-25-54)89-84(90-83)59-28-19-29-61(49-59)92-70-34-14-10-30-62(70)65-46-47-66-64-32-12-16-36-72(64)93-77(66)75(65)92/h1-50H. The molecule has 0 saturated heterocycles. The largest absolute Gasteiger partial charge is 0.454 e. The van der Waals surface area contributed by atoms with E-state index in [2.05, 4.69) is 228 Å². The van der Waals surface area contributed by atoms with E-state index in [4.69, 9.17) is 38.7 Å². The number of rotatable bonds is 10. The quantitative estimate of drug-likeness (QED) is 0.133. The van der Waals surface area contributed by atoms with Crippen molar-refractivity contribution in [1.82, 2.24) is 39.0 Å². The summed E-state index contributed by atoms with van der Waals surface area (Å²) in [5, 5.41) is 8.58. The van der Waals surface area contributed by atoms with Gasteiger partial charge in [-0.1, -0.05) is 224 Å². The van der Waals surface area contributed by atoms with Crippen LogP contribution in [0.3, 0.4) is 0 Å². The van der Waals surface area contributed by atoms with Crippen LogP contribution in [-0.2, 0) is 0 Å². The smallest absolute Gasteiger partial charge is 0.164 e. The molecule has 6 aromatic heterocycles. The molecular weight excluding hydrogens is 1150 g/mol. The highest BCUT2D eigenvalue weighted by molar-refractivity contribution is 6.26. The van der Waals surface area contributed by atoms with Crippen LogP contribution in [0.4, 0.5) is 0 Å². The molecule has 0 aliphatic heterocycles. The molecule has 0 fully saturated rings. The predicted molar refractivity (Wildman–Crippen MR) is 380 cm³/mol. The van der Waals surface area contributed by atoms with Gasteiger partial charge in [-0.25, -0.2) is 29.9 Å². The van der Waals surface area contributed by atoms with E-state index in [9.17, 15) is 0 Å². The molecular formula is C84H50N8O2. The first-order chi connectivity index (χ1) is 46.6. The maximum absolute atomic E-state index is 7.13. The molecule has 0 saturated carbocycles. The summed E-state index contributed by atoms with van der Waals surface area (Å²) in [6.45, 7) is 0. The van der Waals surface area contributed by atoms with E-state index in [1.807, 2.05) is 84.9 Å². The molecule has 13 aromatic carbocycles. The third-order valence-electron chi connectivity index (χ3n) is 18.2. The molecule has 0 aliphatic rings. The van der Waals surface area contributed by atoms with E-state index < -0.39 is 0 Å². The van der Waals surface area contributed by atoms with Crippen LogP contribution in [0.2, 0.25) is 0 Å². The number of aromatic nitrogens is 8. The minimum Gasteiger partial charge on any atom is -0.454 e. The van der Waals surface area contributed by atoms with Gasteiger partial charge in [-0.3, -0.25) is 0 Å². The van der Waals surface area contributed by atoms with Crippen LogP contribution in [0.15, 0.2) is 312 Å². The molecule has 0 N–H and O–H groups in total. The second-order valence-corrected chi connectivity index (χ2v) is 23.7. The lowest BCUT2D eigenvalue weighted by Gasteiger charge is -2.13. The number of fused-ring (bicyclic) bond motifs is 14. The van der Waals surface area contributed by atoms with Crippen molar-refractivity contribution < 1.29 is 8.83 Å². The van der Waals surface area contributed by atoms with Crippen LogP contribution in [0.1, 0.15) is 0 Å². The lowest BCUT2D eigenvalue weighted by Crippen LogP contribution is -2.01. The van der Waals surface area contributed by atoms with Crippen LogP contribution in [0, 0.1) is 0 Å². The Balaban J connectivity index is 0.738. The number of hydrogen-bond acceptors (Lipinski definition) is 8. The fourth-order valence-corrected chi connectivity index (χ4v) is 13.8. The number of hydrogen-bond donors (Lipinski definition) is 0. The zero-order chi connectivity index (χ0) is 61.8. The minimum atomic E-state index is 0.550. The zero-order valence-electron chi connectivity index (χ0n) is 50.3. The van der Waals surface area contributed by atoms with Gasteiger partial charge in [0.05, 0.1) is 22.1 Å². The summed E-state index contributed by atoms with van der Waals surface area (Å²) in [6.07, 6.45) is 0. The first-order valence-electron chi connectivity index (χ1n) is 31.4. The van der Waals surface area contributed by atoms with Gasteiger partial charge in [0, 0.05) is 87.8 Å². The summed E-state index contributed by atoms with van der Waals surface area (Å²) in [5.74, 6) is 3.46. The molecule has 94 heavy (non-hydrogen) atoms. The fourth-order valence-electron chi connectivity index (χ4n) is 13.8. The molecule has 0 spiro atoms. The van der Waals surface area contributed by atoms with Gasteiger partial charge in [-0.05, 0) is 101 Å². The Bertz CT molecular complexity index is 6210. The van der Waals surface area contributed by atoms with Crippen molar-refractivity contribution in [3.8, 4) is 102 Å². The predicted octanol–water partition coefficient (Wildman–Crippen LogP) is 21.4. The van der Waals surface area contributed by atoms with E-state index in [-0.39, 0.29) is 0 Å². The van der Waals surface area contributed by atoms with Crippen LogP contribution < -0.4 is 0 Å². The van der Waals surface area contributed by atoms with Crippen molar-refractivity contribution in [2.24, 2.45) is 0 Å². The molecule has 0 atom stereocenters. The average molecular weight is 1200 g/mol. The van der Waals surface area contributed by atoms with Gasteiger partial charge in [-0.15, -0.1) is 0 Å². The molecule has 19 rings (SSSR count). The number of nitrogens with zero attached hydrogens (tertiary/aromatic N) is 8. The maximum atomic E-state index is 7.13. The van der Waals surface area contributed by atoms with Gasteiger partial charge in [-0.2, -0.15) is 0 Å². The zero-order valence-corrected chi connectivity index (χ0v) is 50.3. The highest BCUT2D eigenvalue weighted by Gasteiger charge is 2.25. The highest BCUT2D eigenvalue weighted by atomic mass is 16.3. The molecule has 10 nitrogen and oxygen atoms in total. The van der Waals surface area contributed by atoms with Crippen LogP contribution >= 0.6 is 0 Å². The summed E-state index contributed by atoms with van der Waals surface area (Å²) in [4.78, 5) is 31.2. The molecule has 0 radical (unpaired) electrons. The van der Waals surface area contributed by atoms with E-state index in [0.717, 1.165) is 154 Å². The normalized spacial score (nSPS) is 11.8. The second-order valence-electron chi connectivity index (χ2n) is 23.7. The maximum Gasteiger partial charge on any atom is 0.164 e. The highest BCUT2D eigenvalue weighted by Crippen LogP contribution is 2.47. The third-order valence-corrected chi connectivity index (χ3v) is 18.2. The lowest BCUT2D eigenvalue weighted by molar-refractivity contribution is 0.671. The molecule has 19 aromatic rings. The molecule has 0 aliphatic carbocycles. The van der Waals surface area contributed by atoms with Crippen molar-refractivity contribution in [2.75, 3.05) is 0 Å². The summed E-state index contributed by atoms with van der Waals surface area (Å²) in [6, 6.07) is 105. The molecule has 6 heterocycles. The van der Waals surface area contributed by atoms with E-state index >= 15 is 0 Å². The monoisotopic (exact) mass is 1200 g/mol. The summed E-state index contributed by atoms with van der Waals surface area (Å²) in [5.41, 5.74) is 18.8. The van der Waals surface area contributed by atoms with Crippen molar-refractivity contribution in [3.63, 3.8) is 0 Å². The Morgan fingerprint density at radius 3 is 1.23 bits per heavy atom. The van der Waals surface area contributed by atoms with Gasteiger partial charge >= 0.3 is 0 Å². The van der Waals surface area contributed by atoms with Crippen molar-refractivity contribution >= 4 is 87.5 Å². The Labute approximate surface area is 537 Å². The molecule has 0 unspecified atom stereocenters. The van der Waals surface area contributed by atoms with Crippen LogP contribution in [-0.4, -0.2) is 39.0 Å². The molecule has 10 heteroatoms. The van der Waals surface area contributed by atoms with E-state index in [1.165, 1.54) is 0 Å². The van der Waals surface area contributed by atoms with Crippen molar-refractivity contribution in [2.45, 2.75) is 0 Å². The Morgan fingerprint density at radius 2 is 0.617 bits per heavy atom. The summed E-state index contributed by atoms with van der Waals surface area (Å²) in [7, 11) is 0. The Morgan fingerprint density at radius 1 is 0.223 bits per heavy atom. The number of benzene rings is 13. The minimum absolute atomic E-state index is 0.550. The van der Waals surface area contributed by atoms with Gasteiger partial charge < -0.3 is 18.0 Å². The van der Waals surface area contributed by atoms with Gasteiger partial charge in [0.1, 0.15) is 11.2 Å².